The Morgan fingerprint density at radius 2 is 1.96 bits per heavy atom. The molecule has 0 bridgehead atoms. The van der Waals surface area contributed by atoms with Crippen molar-refractivity contribution >= 4 is 29.9 Å². The van der Waals surface area contributed by atoms with E-state index >= 15 is 0 Å². The predicted molar refractivity (Wildman–Crippen MR) is 119 cm³/mol. The van der Waals surface area contributed by atoms with Crippen LogP contribution in [0.2, 0.25) is 0 Å². The third-order valence-electron chi connectivity index (χ3n) is 3.74. The van der Waals surface area contributed by atoms with Gasteiger partial charge in [-0.05, 0) is 32.0 Å². The van der Waals surface area contributed by atoms with Crippen molar-refractivity contribution in [2.24, 2.45) is 4.99 Å². The normalized spacial score (nSPS) is 11.9. The zero-order valence-electron chi connectivity index (χ0n) is 16.2. The molecule has 2 aromatic carbocycles. The summed E-state index contributed by atoms with van der Waals surface area (Å²) in [7, 11) is 1.51. The minimum absolute atomic E-state index is 0. The number of phenols is 1. The van der Waals surface area contributed by atoms with Crippen molar-refractivity contribution in [1.82, 2.24) is 10.6 Å². The maximum atomic E-state index is 13.2. The topological polar surface area (TPSA) is 75.1 Å². The van der Waals surface area contributed by atoms with Gasteiger partial charge in [0.2, 0.25) is 0 Å². The van der Waals surface area contributed by atoms with Crippen molar-refractivity contribution in [2.75, 3.05) is 20.2 Å². The molecule has 1 unspecified atom stereocenters. The molecule has 0 heterocycles. The van der Waals surface area contributed by atoms with Gasteiger partial charge in [-0.1, -0.05) is 18.2 Å². The van der Waals surface area contributed by atoms with E-state index in [2.05, 4.69) is 15.6 Å². The lowest BCUT2D eigenvalue weighted by molar-refractivity contribution is 0.223. The average molecular weight is 503 g/mol. The number of rotatable bonds is 8. The second-order valence-electron chi connectivity index (χ2n) is 5.93. The third-order valence-corrected chi connectivity index (χ3v) is 3.74. The number of para-hydroxylation sites is 1. The van der Waals surface area contributed by atoms with Crippen molar-refractivity contribution in [3.63, 3.8) is 0 Å². The number of guanidine groups is 1. The zero-order valence-corrected chi connectivity index (χ0v) is 18.6. The number of ether oxygens (including phenoxy) is 2. The highest BCUT2D eigenvalue weighted by Gasteiger charge is 2.09. The van der Waals surface area contributed by atoms with Crippen molar-refractivity contribution in [1.29, 1.82) is 0 Å². The first-order valence-electron chi connectivity index (χ1n) is 8.82. The molecular weight excluding hydrogens is 476 g/mol. The molecule has 0 saturated heterocycles. The Hall–Kier alpha value is -2.23. The fourth-order valence-corrected chi connectivity index (χ4v) is 2.42. The van der Waals surface area contributed by atoms with Crippen LogP contribution in [0.25, 0.3) is 0 Å². The molecule has 3 N–H and O–H groups in total. The van der Waals surface area contributed by atoms with Crippen LogP contribution in [0.15, 0.2) is 47.5 Å². The minimum atomic E-state index is -0.333. The summed E-state index contributed by atoms with van der Waals surface area (Å²) in [6.07, 6.45) is -0.194. The summed E-state index contributed by atoms with van der Waals surface area (Å²) in [6.45, 7) is 5.31. The van der Waals surface area contributed by atoms with E-state index in [1.807, 2.05) is 13.8 Å². The van der Waals surface area contributed by atoms with Crippen LogP contribution < -0.4 is 20.1 Å². The second kappa shape index (κ2) is 12.3. The molecule has 2 aromatic rings. The fraction of sp³-hybridized carbons (Fsp3) is 0.350. The van der Waals surface area contributed by atoms with E-state index in [1.165, 1.54) is 19.2 Å². The van der Waals surface area contributed by atoms with Gasteiger partial charge in [0.25, 0.3) is 0 Å². The molecule has 0 aliphatic heterocycles. The van der Waals surface area contributed by atoms with E-state index in [4.69, 9.17) is 9.47 Å². The Morgan fingerprint density at radius 3 is 2.64 bits per heavy atom. The lowest BCUT2D eigenvalue weighted by Gasteiger charge is -2.18. The van der Waals surface area contributed by atoms with E-state index in [0.717, 1.165) is 0 Å². The monoisotopic (exact) mass is 503 g/mol. The van der Waals surface area contributed by atoms with Gasteiger partial charge in [0.1, 0.15) is 17.7 Å². The number of aliphatic imine (C=N–C) groups is 1. The van der Waals surface area contributed by atoms with Gasteiger partial charge in [-0.3, -0.25) is 0 Å². The summed E-state index contributed by atoms with van der Waals surface area (Å²) < 4.78 is 24.0. The SMILES string of the molecule is CCNC(=NCc1cccc(OC)c1O)NCC(C)Oc1cccc(F)c1.I. The number of phenolic OH excluding ortho intramolecular Hbond substituents is 1. The summed E-state index contributed by atoms with van der Waals surface area (Å²) in [6, 6.07) is 11.3. The first-order chi connectivity index (χ1) is 13.0. The molecule has 0 radical (unpaired) electrons. The molecule has 0 aromatic heterocycles. The van der Waals surface area contributed by atoms with Gasteiger partial charge >= 0.3 is 0 Å². The summed E-state index contributed by atoms with van der Waals surface area (Å²) in [5.41, 5.74) is 0.663. The van der Waals surface area contributed by atoms with Crippen molar-refractivity contribution < 1.29 is 19.0 Å². The van der Waals surface area contributed by atoms with Gasteiger partial charge < -0.3 is 25.2 Å². The number of nitrogens with one attached hydrogen (secondary N) is 2. The Balaban J connectivity index is 0.00000392. The standard InChI is InChI=1S/C20H26FN3O3.HI/c1-4-22-20(24-13-15-7-5-10-18(26-3)19(15)25)23-12-14(2)27-17-9-6-8-16(21)11-17;/h5-11,14,25H,4,12-13H2,1-3H3,(H2,22,23,24);1H. The number of halogens is 2. The Kier molecular flexibility index (Phi) is 10.4. The van der Waals surface area contributed by atoms with Crippen LogP contribution in [0.5, 0.6) is 17.2 Å². The lowest BCUT2D eigenvalue weighted by atomic mass is 10.2. The smallest absolute Gasteiger partial charge is 0.191 e. The zero-order chi connectivity index (χ0) is 19.6. The first-order valence-corrected chi connectivity index (χ1v) is 8.82. The first kappa shape index (κ1) is 23.8. The quantitative estimate of drug-likeness (QED) is 0.291. The summed E-state index contributed by atoms with van der Waals surface area (Å²) in [4.78, 5) is 4.48. The molecule has 8 heteroatoms. The van der Waals surface area contributed by atoms with Gasteiger partial charge in [0, 0.05) is 18.2 Å². The van der Waals surface area contributed by atoms with E-state index < -0.39 is 0 Å². The number of aromatic hydroxyl groups is 1. The second-order valence-corrected chi connectivity index (χ2v) is 5.93. The number of nitrogens with zero attached hydrogens (tertiary/aromatic N) is 1. The number of hydrogen-bond donors (Lipinski definition) is 3. The largest absolute Gasteiger partial charge is 0.504 e. The van der Waals surface area contributed by atoms with Gasteiger partial charge in [-0.15, -0.1) is 24.0 Å². The van der Waals surface area contributed by atoms with E-state index in [-0.39, 0.29) is 48.2 Å². The molecular formula is C20H27FIN3O3. The number of benzene rings is 2. The molecule has 154 valence electrons. The van der Waals surface area contributed by atoms with E-state index in [9.17, 15) is 9.50 Å². The number of methoxy groups -OCH3 is 1. The van der Waals surface area contributed by atoms with Crippen molar-refractivity contribution in [3.05, 3.63) is 53.8 Å². The third kappa shape index (κ3) is 7.41. The van der Waals surface area contributed by atoms with Crippen molar-refractivity contribution in [2.45, 2.75) is 26.5 Å². The molecule has 0 spiro atoms. The Bertz CT molecular complexity index is 774. The van der Waals surface area contributed by atoms with E-state index in [1.54, 1.807) is 30.3 Å². The molecule has 28 heavy (non-hydrogen) atoms. The van der Waals surface area contributed by atoms with Gasteiger partial charge in [0.15, 0.2) is 17.5 Å². The van der Waals surface area contributed by atoms with E-state index in [0.29, 0.717) is 36.1 Å². The van der Waals surface area contributed by atoms with Crippen LogP contribution in [0.3, 0.4) is 0 Å². The van der Waals surface area contributed by atoms with Crippen LogP contribution in [-0.2, 0) is 6.54 Å². The molecule has 1 atom stereocenters. The molecule has 0 aliphatic rings. The maximum absolute atomic E-state index is 13.2. The van der Waals surface area contributed by atoms with Crippen LogP contribution >= 0.6 is 24.0 Å². The fourth-order valence-electron chi connectivity index (χ4n) is 2.42. The highest BCUT2D eigenvalue weighted by molar-refractivity contribution is 14.0. The predicted octanol–water partition coefficient (Wildman–Crippen LogP) is 3.68. The van der Waals surface area contributed by atoms with Gasteiger partial charge in [-0.25, -0.2) is 9.38 Å². The molecule has 0 saturated carbocycles. The van der Waals surface area contributed by atoms with Gasteiger partial charge in [0.05, 0.1) is 20.2 Å². The summed E-state index contributed by atoms with van der Waals surface area (Å²) in [5, 5.41) is 16.5. The Morgan fingerprint density at radius 1 is 1.21 bits per heavy atom. The lowest BCUT2D eigenvalue weighted by Crippen LogP contribution is -2.41. The maximum Gasteiger partial charge on any atom is 0.191 e. The number of hydrogen-bond acceptors (Lipinski definition) is 4. The van der Waals surface area contributed by atoms with Crippen LogP contribution in [0.1, 0.15) is 19.4 Å². The molecule has 2 rings (SSSR count). The molecule has 0 fully saturated rings. The molecule has 0 aliphatic carbocycles. The highest BCUT2D eigenvalue weighted by Crippen LogP contribution is 2.29. The molecule has 0 amide bonds. The van der Waals surface area contributed by atoms with Crippen molar-refractivity contribution in [3.8, 4) is 17.2 Å². The van der Waals surface area contributed by atoms with Gasteiger partial charge in [-0.2, -0.15) is 0 Å². The summed E-state index contributed by atoms with van der Waals surface area (Å²) >= 11 is 0. The molecule has 6 nitrogen and oxygen atoms in total. The minimum Gasteiger partial charge on any atom is -0.504 e. The highest BCUT2D eigenvalue weighted by atomic mass is 127. The van der Waals surface area contributed by atoms with Crippen LogP contribution in [-0.4, -0.2) is 37.4 Å². The van der Waals surface area contributed by atoms with Crippen LogP contribution in [0, 0.1) is 5.82 Å². The summed E-state index contributed by atoms with van der Waals surface area (Å²) in [5.74, 6) is 1.24. The van der Waals surface area contributed by atoms with Crippen LogP contribution in [0.4, 0.5) is 4.39 Å². The Labute approximate surface area is 182 Å². The average Bonchev–Trinajstić information content (AvgIpc) is 2.65.